The molecule has 2 aliphatic rings. The number of carbonyl (C=O) groups excluding carboxylic acids is 1. The van der Waals surface area contributed by atoms with Crippen molar-refractivity contribution in [1.29, 1.82) is 0 Å². The molecule has 1 unspecified atom stereocenters. The molecule has 4 nitrogen and oxygen atoms in total. The highest BCUT2D eigenvalue weighted by Crippen LogP contribution is 2.34. The maximum atomic E-state index is 12.8. The Morgan fingerprint density at radius 3 is 2.55 bits per heavy atom. The summed E-state index contributed by atoms with van der Waals surface area (Å²) in [5, 5.41) is 0. The lowest BCUT2D eigenvalue weighted by Gasteiger charge is -2.41. The fourth-order valence-corrected chi connectivity index (χ4v) is 3.32. The lowest BCUT2D eigenvalue weighted by atomic mass is 10.0. The number of hydrogen-bond donors (Lipinski definition) is 0. The smallest absolute Gasteiger partial charge is 0.290 e. The van der Waals surface area contributed by atoms with E-state index >= 15 is 0 Å². The van der Waals surface area contributed by atoms with E-state index in [4.69, 9.17) is 4.42 Å². The second-order valence-corrected chi connectivity index (χ2v) is 6.13. The lowest BCUT2D eigenvalue weighted by molar-refractivity contribution is 0.0405. The molecule has 0 bridgehead atoms. The predicted molar refractivity (Wildman–Crippen MR) is 83.5 cm³/mol. The van der Waals surface area contributed by atoms with E-state index in [-0.39, 0.29) is 11.9 Å². The zero-order chi connectivity index (χ0) is 14.9. The molecule has 1 aliphatic heterocycles. The predicted octanol–water partition coefficient (Wildman–Crippen LogP) is 2.94. The Balaban J connectivity index is 1.62. The van der Waals surface area contributed by atoms with E-state index in [1.807, 2.05) is 23.1 Å². The van der Waals surface area contributed by atoms with Crippen molar-refractivity contribution in [2.75, 3.05) is 19.6 Å². The number of furan rings is 1. The van der Waals surface area contributed by atoms with Crippen LogP contribution in [-0.4, -0.2) is 41.4 Å². The zero-order valence-corrected chi connectivity index (χ0v) is 12.5. The zero-order valence-electron chi connectivity index (χ0n) is 12.5. The van der Waals surface area contributed by atoms with Crippen molar-refractivity contribution in [2.24, 2.45) is 0 Å². The van der Waals surface area contributed by atoms with Crippen molar-refractivity contribution in [1.82, 2.24) is 9.80 Å². The van der Waals surface area contributed by atoms with E-state index in [2.05, 4.69) is 17.0 Å². The van der Waals surface area contributed by atoms with Crippen LogP contribution in [0.2, 0.25) is 0 Å². The Bertz CT molecular complexity index is 634. The summed E-state index contributed by atoms with van der Waals surface area (Å²) in [5.74, 6) is 0.426. The van der Waals surface area contributed by atoms with E-state index < -0.39 is 0 Å². The second kappa shape index (κ2) is 5.61. The van der Waals surface area contributed by atoms with Gasteiger partial charge < -0.3 is 9.32 Å². The Labute approximate surface area is 130 Å². The molecule has 22 heavy (non-hydrogen) atoms. The first-order chi connectivity index (χ1) is 10.8. The van der Waals surface area contributed by atoms with Crippen molar-refractivity contribution >= 4 is 5.91 Å². The normalized spacial score (nSPS) is 22.7. The van der Waals surface area contributed by atoms with Gasteiger partial charge in [0, 0.05) is 25.7 Å². The van der Waals surface area contributed by atoms with Gasteiger partial charge in [-0.2, -0.15) is 0 Å². The SMILES string of the molecule is O=C(c1ccco1)N1CCN(C2CC2)CC1c1ccccc1. The number of amides is 1. The van der Waals surface area contributed by atoms with Gasteiger partial charge in [-0.25, -0.2) is 0 Å². The van der Waals surface area contributed by atoms with Crippen LogP contribution in [0.25, 0.3) is 0 Å². The maximum absolute atomic E-state index is 12.8. The third-order valence-corrected chi connectivity index (χ3v) is 4.65. The lowest BCUT2D eigenvalue weighted by Crippen LogP contribution is -2.51. The Morgan fingerprint density at radius 1 is 1.05 bits per heavy atom. The third kappa shape index (κ3) is 2.55. The average Bonchev–Trinajstić information content (AvgIpc) is 3.29. The molecule has 0 radical (unpaired) electrons. The van der Waals surface area contributed by atoms with Crippen LogP contribution in [0.3, 0.4) is 0 Å². The highest BCUT2D eigenvalue weighted by Gasteiger charge is 2.38. The van der Waals surface area contributed by atoms with Crippen LogP contribution in [0.15, 0.2) is 53.1 Å². The highest BCUT2D eigenvalue weighted by molar-refractivity contribution is 5.91. The second-order valence-electron chi connectivity index (χ2n) is 6.13. The van der Waals surface area contributed by atoms with Gasteiger partial charge in [-0.3, -0.25) is 9.69 Å². The minimum Gasteiger partial charge on any atom is -0.459 e. The largest absolute Gasteiger partial charge is 0.459 e. The van der Waals surface area contributed by atoms with Gasteiger partial charge in [0.15, 0.2) is 5.76 Å². The molecule has 1 aromatic carbocycles. The Kier molecular flexibility index (Phi) is 3.47. The average molecular weight is 296 g/mol. The summed E-state index contributed by atoms with van der Waals surface area (Å²) in [7, 11) is 0. The van der Waals surface area contributed by atoms with Gasteiger partial charge in [0.2, 0.25) is 0 Å². The van der Waals surface area contributed by atoms with Gasteiger partial charge in [0.1, 0.15) is 0 Å². The molecule has 2 heterocycles. The van der Waals surface area contributed by atoms with Gasteiger partial charge in [0.25, 0.3) is 5.91 Å². The van der Waals surface area contributed by atoms with Crippen LogP contribution in [-0.2, 0) is 0 Å². The molecule has 1 saturated heterocycles. The molecule has 1 saturated carbocycles. The van der Waals surface area contributed by atoms with Crippen molar-refractivity contribution < 1.29 is 9.21 Å². The molecule has 2 aromatic rings. The van der Waals surface area contributed by atoms with Crippen LogP contribution in [0.5, 0.6) is 0 Å². The minimum atomic E-state index is -0.00528. The van der Waals surface area contributed by atoms with E-state index in [0.29, 0.717) is 5.76 Å². The van der Waals surface area contributed by atoms with Crippen LogP contribution < -0.4 is 0 Å². The number of rotatable bonds is 3. The van der Waals surface area contributed by atoms with E-state index in [1.165, 1.54) is 18.4 Å². The third-order valence-electron chi connectivity index (χ3n) is 4.65. The Hall–Kier alpha value is -2.07. The van der Waals surface area contributed by atoms with E-state index in [9.17, 15) is 4.79 Å². The van der Waals surface area contributed by atoms with Gasteiger partial charge in [0.05, 0.1) is 12.3 Å². The summed E-state index contributed by atoms with van der Waals surface area (Å²) in [6.45, 7) is 2.64. The molecule has 1 aliphatic carbocycles. The summed E-state index contributed by atoms with van der Waals surface area (Å²) < 4.78 is 5.31. The standard InChI is InChI=1S/C18H20N2O2/c21-18(17-7-4-12-22-17)20-11-10-19(15-8-9-15)13-16(20)14-5-2-1-3-6-14/h1-7,12,15-16H,8-11,13H2. The molecule has 4 heteroatoms. The van der Waals surface area contributed by atoms with Crippen molar-refractivity contribution in [3.8, 4) is 0 Å². The molecule has 2 fully saturated rings. The van der Waals surface area contributed by atoms with Gasteiger partial charge >= 0.3 is 0 Å². The minimum absolute atomic E-state index is 0.00528. The molecule has 1 atom stereocenters. The topological polar surface area (TPSA) is 36.7 Å². The molecular weight excluding hydrogens is 276 g/mol. The van der Waals surface area contributed by atoms with Crippen LogP contribution in [0.4, 0.5) is 0 Å². The fraction of sp³-hybridized carbons (Fsp3) is 0.389. The maximum Gasteiger partial charge on any atom is 0.290 e. The fourth-order valence-electron chi connectivity index (χ4n) is 3.32. The van der Waals surface area contributed by atoms with Crippen molar-refractivity contribution in [3.05, 3.63) is 60.1 Å². The number of piperazine rings is 1. The molecule has 4 rings (SSSR count). The quantitative estimate of drug-likeness (QED) is 0.874. The first kappa shape index (κ1) is 13.6. The Morgan fingerprint density at radius 2 is 1.86 bits per heavy atom. The van der Waals surface area contributed by atoms with Gasteiger partial charge in [-0.05, 0) is 30.5 Å². The molecule has 0 spiro atoms. The monoisotopic (exact) mass is 296 g/mol. The van der Waals surface area contributed by atoms with Gasteiger partial charge in [-0.15, -0.1) is 0 Å². The number of benzene rings is 1. The van der Waals surface area contributed by atoms with Crippen LogP contribution >= 0.6 is 0 Å². The van der Waals surface area contributed by atoms with Crippen LogP contribution in [0, 0.1) is 0 Å². The van der Waals surface area contributed by atoms with E-state index in [1.54, 1.807) is 18.4 Å². The molecule has 0 N–H and O–H groups in total. The highest BCUT2D eigenvalue weighted by atomic mass is 16.3. The summed E-state index contributed by atoms with van der Waals surface area (Å²) in [4.78, 5) is 17.2. The molecule has 1 amide bonds. The summed E-state index contributed by atoms with van der Waals surface area (Å²) in [6.07, 6.45) is 4.16. The van der Waals surface area contributed by atoms with Crippen molar-refractivity contribution in [2.45, 2.75) is 24.9 Å². The van der Waals surface area contributed by atoms with Crippen molar-refractivity contribution in [3.63, 3.8) is 0 Å². The summed E-state index contributed by atoms with van der Waals surface area (Å²) in [6, 6.07) is 14.7. The summed E-state index contributed by atoms with van der Waals surface area (Å²) >= 11 is 0. The first-order valence-electron chi connectivity index (χ1n) is 7.96. The molecular formula is C18H20N2O2. The van der Waals surface area contributed by atoms with E-state index in [0.717, 1.165) is 25.7 Å². The first-order valence-corrected chi connectivity index (χ1v) is 7.96. The van der Waals surface area contributed by atoms with Gasteiger partial charge in [-0.1, -0.05) is 30.3 Å². The number of nitrogens with zero attached hydrogens (tertiary/aromatic N) is 2. The number of carbonyl (C=O) groups is 1. The summed E-state index contributed by atoms with van der Waals surface area (Å²) in [5.41, 5.74) is 1.20. The number of hydrogen-bond acceptors (Lipinski definition) is 3. The van der Waals surface area contributed by atoms with Crippen LogP contribution in [0.1, 0.15) is 35.0 Å². The molecule has 1 aromatic heterocycles. The molecule has 114 valence electrons.